The molecule has 0 bridgehead atoms. The molecular formula is C12H22N2O2. The Kier molecular flexibility index (Phi) is 3.50. The Morgan fingerprint density at radius 3 is 2.62 bits per heavy atom. The van der Waals surface area contributed by atoms with E-state index in [0.29, 0.717) is 0 Å². The molecule has 92 valence electrons. The van der Waals surface area contributed by atoms with Crippen molar-refractivity contribution in [1.82, 2.24) is 4.90 Å². The van der Waals surface area contributed by atoms with Crippen LogP contribution < -0.4 is 5.73 Å². The number of amides is 1. The summed E-state index contributed by atoms with van der Waals surface area (Å²) >= 11 is 0. The Morgan fingerprint density at radius 2 is 2.06 bits per heavy atom. The van der Waals surface area contributed by atoms with E-state index in [4.69, 9.17) is 5.73 Å². The summed E-state index contributed by atoms with van der Waals surface area (Å²) in [5.74, 6) is 0.0692. The summed E-state index contributed by atoms with van der Waals surface area (Å²) in [5.41, 5.74) is 5.46. The van der Waals surface area contributed by atoms with Gasteiger partial charge in [-0.25, -0.2) is 0 Å². The SMILES string of the molecule is NC1(C(=O)N2CCCCCC2CO)CCC1. The van der Waals surface area contributed by atoms with Crippen LogP contribution in [0, 0.1) is 0 Å². The monoisotopic (exact) mass is 226 g/mol. The molecule has 0 aromatic heterocycles. The molecule has 0 aromatic carbocycles. The molecule has 0 aromatic rings. The maximum absolute atomic E-state index is 12.3. The molecule has 1 unspecified atom stereocenters. The minimum atomic E-state index is -0.613. The Hall–Kier alpha value is -0.610. The second kappa shape index (κ2) is 4.72. The molecule has 1 atom stereocenters. The summed E-state index contributed by atoms with van der Waals surface area (Å²) in [4.78, 5) is 14.2. The highest BCUT2D eigenvalue weighted by Crippen LogP contribution is 2.32. The molecule has 2 fully saturated rings. The molecule has 2 aliphatic rings. The highest BCUT2D eigenvalue weighted by molar-refractivity contribution is 5.87. The first-order valence-corrected chi connectivity index (χ1v) is 6.38. The number of hydrogen-bond acceptors (Lipinski definition) is 3. The molecule has 4 nitrogen and oxygen atoms in total. The molecule has 0 radical (unpaired) electrons. The fourth-order valence-corrected chi connectivity index (χ4v) is 2.69. The summed E-state index contributed by atoms with van der Waals surface area (Å²) in [5, 5.41) is 9.36. The summed E-state index contributed by atoms with van der Waals surface area (Å²) in [7, 11) is 0. The highest BCUT2D eigenvalue weighted by Gasteiger charge is 2.44. The van der Waals surface area contributed by atoms with Gasteiger partial charge in [-0.05, 0) is 32.1 Å². The predicted octanol–water partition coefficient (Wildman–Crippen LogP) is 0.631. The van der Waals surface area contributed by atoms with Gasteiger partial charge in [0.05, 0.1) is 18.2 Å². The zero-order valence-electron chi connectivity index (χ0n) is 9.82. The molecule has 4 heteroatoms. The predicted molar refractivity (Wildman–Crippen MR) is 61.8 cm³/mol. The van der Waals surface area contributed by atoms with Gasteiger partial charge in [0.15, 0.2) is 0 Å². The van der Waals surface area contributed by atoms with E-state index in [1.165, 1.54) is 0 Å². The van der Waals surface area contributed by atoms with Crippen molar-refractivity contribution in [3.8, 4) is 0 Å². The normalized spacial score (nSPS) is 29.4. The van der Waals surface area contributed by atoms with E-state index in [-0.39, 0.29) is 18.6 Å². The van der Waals surface area contributed by atoms with Crippen molar-refractivity contribution < 1.29 is 9.90 Å². The number of rotatable bonds is 2. The van der Waals surface area contributed by atoms with Crippen LogP contribution in [0.1, 0.15) is 44.9 Å². The van der Waals surface area contributed by atoms with Crippen molar-refractivity contribution in [3.05, 3.63) is 0 Å². The Bertz CT molecular complexity index is 264. The third-order valence-electron chi connectivity index (χ3n) is 4.02. The number of likely N-dealkylation sites (tertiary alicyclic amines) is 1. The molecule has 0 spiro atoms. The van der Waals surface area contributed by atoms with Gasteiger partial charge in [-0.1, -0.05) is 12.8 Å². The number of aliphatic hydroxyl groups excluding tert-OH is 1. The van der Waals surface area contributed by atoms with E-state index in [9.17, 15) is 9.90 Å². The third-order valence-corrected chi connectivity index (χ3v) is 4.02. The largest absolute Gasteiger partial charge is 0.394 e. The zero-order chi connectivity index (χ0) is 11.6. The van der Waals surface area contributed by atoms with Gasteiger partial charge < -0.3 is 15.7 Å². The molecule has 1 saturated carbocycles. The maximum atomic E-state index is 12.3. The van der Waals surface area contributed by atoms with Crippen LogP contribution in [0.5, 0.6) is 0 Å². The van der Waals surface area contributed by atoms with Crippen molar-refractivity contribution in [2.45, 2.75) is 56.5 Å². The van der Waals surface area contributed by atoms with Crippen molar-refractivity contribution in [2.75, 3.05) is 13.2 Å². The summed E-state index contributed by atoms with van der Waals surface area (Å²) in [6.45, 7) is 0.838. The molecule has 3 N–H and O–H groups in total. The van der Waals surface area contributed by atoms with Gasteiger partial charge in [-0.15, -0.1) is 0 Å². The second-order valence-corrected chi connectivity index (χ2v) is 5.19. The van der Waals surface area contributed by atoms with Gasteiger partial charge in [0.25, 0.3) is 0 Å². The van der Waals surface area contributed by atoms with Crippen LogP contribution in [-0.2, 0) is 4.79 Å². The topological polar surface area (TPSA) is 66.6 Å². The molecule has 16 heavy (non-hydrogen) atoms. The van der Waals surface area contributed by atoms with Gasteiger partial charge in [0.2, 0.25) is 5.91 Å². The summed E-state index contributed by atoms with van der Waals surface area (Å²) < 4.78 is 0. The molecule has 1 aliphatic carbocycles. The average Bonchev–Trinajstić information content (AvgIpc) is 2.49. The second-order valence-electron chi connectivity index (χ2n) is 5.19. The van der Waals surface area contributed by atoms with Gasteiger partial charge in [0.1, 0.15) is 0 Å². The maximum Gasteiger partial charge on any atom is 0.242 e. The number of hydrogen-bond donors (Lipinski definition) is 2. The molecule has 1 amide bonds. The fourth-order valence-electron chi connectivity index (χ4n) is 2.69. The first-order valence-electron chi connectivity index (χ1n) is 6.38. The average molecular weight is 226 g/mol. The molecule has 1 heterocycles. The zero-order valence-corrected chi connectivity index (χ0v) is 9.82. The Balaban J connectivity index is 2.06. The van der Waals surface area contributed by atoms with Crippen LogP contribution in [0.15, 0.2) is 0 Å². The number of nitrogens with zero attached hydrogens (tertiary/aromatic N) is 1. The van der Waals surface area contributed by atoms with Gasteiger partial charge in [-0.2, -0.15) is 0 Å². The molecule has 2 rings (SSSR count). The van der Waals surface area contributed by atoms with Crippen molar-refractivity contribution in [2.24, 2.45) is 5.73 Å². The first-order chi connectivity index (χ1) is 7.67. The van der Waals surface area contributed by atoms with Crippen LogP contribution in [-0.4, -0.2) is 40.6 Å². The van der Waals surface area contributed by atoms with Crippen LogP contribution in [0.3, 0.4) is 0 Å². The third kappa shape index (κ3) is 2.09. The van der Waals surface area contributed by atoms with E-state index >= 15 is 0 Å². The van der Waals surface area contributed by atoms with Crippen molar-refractivity contribution in [3.63, 3.8) is 0 Å². The lowest BCUT2D eigenvalue weighted by molar-refractivity contribution is -0.143. The quantitative estimate of drug-likeness (QED) is 0.726. The summed E-state index contributed by atoms with van der Waals surface area (Å²) in [6.07, 6.45) is 6.88. The lowest BCUT2D eigenvalue weighted by Gasteiger charge is -2.42. The first kappa shape index (κ1) is 11.9. The molecule has 1 saturated heterocycles. The number of nitrogens with two attached hydrogens (primary N) is 1. The Labute approximate surface area is 96.8 Å². The minimum Gasteiger partial charge on any atom is -0.394 e. The van der Waals surface area contributed by atoms with Crippen molar-refractivity contribution in [1.29, 1.82) is 0 Å². The van der Waals surface area contributed by atoms with Crippen LogP contribution in [0.4, 0.5) is 0 Å². The van der Waals surface area contributed by atoms with Gasteiger partial charge in [-0.3, -0.25) is 4.79 Å². The lowest BCUT2D eigenvalue weighted by Crippen LogP contribution is -2.61. The Morgan fingerprint density at radius 1 is 1.31 bits per heavy atom. The number of carbonyl (C=O) groups is 1. The summed E-state index contributed by atoms with van der Waals surface area (Å²) in [6, 6.07) is -0.00368. The standard InChI is InChI=1S/C12H22N2O2/c13-12(6-4-7-12)11(16)14-8-3-1-2-5-10(14)9-15/h10,15H,1-9,13H2. The smallest absolute Gasteiger partial charge is 0.242 e. The van der Waals surface area contributed by atoms with Crippen LogP contribution in [0.25, 0.3) is 0 Å². The molecule has 1 aliphatic heterocycles. The minimum absolute atomic E-state index is 0.00368. The van der Waals surface area contributed by atoms with Gasteiger partial charge in [0, 0.05) is 6.54 Å². The van der Waals surface area contributed by atoms with E-state index in [0.717, 1.165) is 51.5 Å². The number of carbonyl (C=O) groups excluding carboxylic acids is 1. The van der Waals surface area contributed by atoms with Crippen LogP contribution in [0.2, 0.25) is 0 Å². The lowest BCUT2D eigenvalue weighted by atomic mass is 9.76. The van der Waals surface area contributed by atoms with E-state index in [1.807, 2.05) is 4.90 Å². The van der Waals surface area contributed by atoms with E-state index in [1.54, 1.807) is 0 Å². The van der Waals surface area contributed by atoms with E-state index in [2.05, 4.69) is 0 Å². The molecular weight excluding hydrogens is 204 g/mol. The fraction of sp³-hybridized carbons (Fsp3) is 0.917. The van der Waals surface area contributed by atoms with Gasteiger partial charge >= 0.3 is 0 Å². The van der Waals surface area contributed by atoms with E-state index < -0.39 is 5.54 Å². The van der Waals surface area contributed by atoms with Crippen LogP contribution >= 0.6 is 0 Å². The van der Waals surface area contributed by atoms with Crippen molar-refractivity contribution >= 4 is 5.91 Å². The highest BCUT2D eigenvalue weighted by atomic mass is 16.3. The number of aliphatic hydroxyl groups is 1.